The number of benzene rings is 1. The van der Waals surface area contributed by atoms with Crippen LogP contribution in [0.3, 0.4) is 0 Å². The first kappa shape index (κ1) is 11.9. The zero-order chi connectivity index (χ0) is 12.0. The molecule has 0 saturated heterocycles. The smallest absolute Gasteiger partial charge is 0.338 e. The zero-order valence-electron chi connectivity index (χ0n) is 8.90. The molecule has 0 amide bonds. The number of anilines is 1. The first-order valence-electron chi connectivity index (χ1n) is 4.75. The molecule has 0 fully saturated rings. The van der Waals surface area contributed by atoms with Crippen LogP contribution in [0.2, 0.25) is 0 Å². The number of hydrogen-bond acceptors (Lipinski definition) is 5. The van der Waals surface area contributed by atoms with E-state index in [1.165, 1.54) is 6.07 Å². The third-order valence-corrected chi connectivity index (χ3v) is 1.82. The fourth-order valence-corrected chi connectivity index (χ4v) is 1.11. The standard InChI is InChI=1S/C11H12N2O3/c1-2-15-11(14)8-3-4-9(13)10(7-8)16-6-5-12/h3-4,7H,2,6,13H2,1H3. The van der Waals surface area contributed by atoms with Gasteiger partial charge in [-0.1, -0.05) is 0 Å². The molecule has 0 atom stereocenters. The predicted octanol–water partition coefficient (Wildman–Crippen LogP) is 1.35. The summed E-state index contributed by atoms with van der Waals surface area (Å²) in [6.45, 7) is 1.91. The van der Waals surface area contributed by atoms with Gasteiger partial charge in [0.05, 0.1) is 17.9 Å². The van der Waals surface area contributed by atoms with E-state index in [2.05, 4.69) is 0 Å². The van der Waals surface area contributed by atoms with Gasteiger partial charge in [0.1, 0.15) is 11.8 Å². The molecule has 0 aliphatic rings. The summed E-state index contributed by atoms with van der Waals surface area (Å²) in [5, 5.41) is 8.37. The van der Waals surface area contributed by atoms with E-state index in [-0.39, 0.29) is 6.61 Å². The van der Waals surface area contributed by atoms with Gasteiger partial charge in [-0.15, -0.1) is 0 Å². The van der Waals surface area contributed by atoms with Crippen molar-refractivity contribution in [2.75, 3.05) is 18.9 Å². The number of esters is 1. The molecule has 0 spiro atoms. The predicted molar refractivity (Wildman–Crippen MR) is 57.9 cm³/mol. The fraction of sp³-hybridized carbons (Fsp3) is 0.273. The molecule has 0 aliphatic carbocycles. The number of hydrogen-bond donors (Lipinski definition) is 1. The van der Waals surface area contributed by atoms with Crippen LogP contribution in [-0.4, -0.2) is 19.2 Å². The van der Waals surface area contributed by atoms with Gasteiger partial charge < -0.3 is 15.2 Å². The average molecular weight is 220 g/mol. The minimum absolute atomic E-state index is 0.115. The SMILES string of the molecule is CCOC(=O)c1ccc(N)c(OCC#N)c1. The number of carbonyl (C=O) groups excluding carboxylic acids is 1. The number of nitrogen functional groups attached to an aromatic ring is 1. The Balaban J connectivity index is 2.89. The summed E-state index contributed by atoms with van der Waals surface area (Å²) in [4.78, 5) is 11.4. The molecule has 0 heterocycles. The molecule has 1 aromatic rings. The Hall–Kier alpha value is -2.22. The molecule has 0 saturated carbocycles. The van der Waals surface area contributed by atoms with Crippen LogP contribution in [0.25, 0.3) is 0 Å². The van der Waals surface area contributed by atoms with E-state index in [4.69, 9.17) is 20.5 Å². The van der Waals surface area contributed by atoms with Crippen molar-refractivity contribution in [3.05, 3.63) is 23.8 Å². The molecule has 84 valence electrons. The van der Waals surface area contributed by atoms with E-state index in [1.54, 1.807) is 19.1 Å². The third kappa shape index (κ3) is 2.89. The molecule has 1 aromatic carbocycles. The van der Waals surface area contributed by atoms with E-state index >= 15 is 0 Å². The second-order valence-corrected chi connectivity index (χ2v) is 2.92. The Morgan fingerprint density at radius 2 is 2.31 bits per heavy atom. The van der Waals surface area contributed by atoms with E-state index in [1.807, 2.05) is 6.07 Å². The van der Waals surface area contributed by atoms with Crippen LogP contribution in [0.4, 0.5) is 5.69 Å². The van der Waals surface area contributed by atoms with Crippen molar-refractivity contribution in [1.29, 1.82) is 5.26 Å². The van der Waals surface area contributed by atoms with Gasteiger partial charge in [0.15, 0.2) is 6.61 Å². The van der Waals surface area contributed by atoms with E-state index in [0.29, 0.717) is 23.6 Å². The lowest BCUT2D eigenvalue weighted by atomic mass is 10.2. The van der Waals surface area contributed by atoms with E-state index < -0.39 is 5.97 Å². The maximum absolute atomic E-state index is 11.4. The van der Waals surface area contributed by atoms with Crippen molar-refractivity contribution in [3.63, 3.8) is 0 Å². The van der Waals surface area contributed by atoms with Crippen LogP contribution in [0.15, 0.2) is 18.2 Å². The quantitative estimate of drug-likeness (QED) is 0.611. The number of nitriles is 1. The largest absolute Gasteiger partial charge is 0.477 e. The second kappa shape index (κ2) is 5.61. The Morgan fingerprint density at radius 3 is 2.94 bits per heavy atom. The normalized spacial score (nSPS) is 9.25. The van der Waals surface area contributed by atoms with E-state index in [9.17, 15) is 4.79 Å². The van der Waals surface area contributed by atoms with Crippen molar-refractivity contribution in [2.45, 2.75) is 6.92 Å². The van der Waals surface area contributed by atoms with Crippen molar-refractivity contribution < 1.29 is 14.3 Å². The number of carbonyl (C=O) groups is 1. The van der Waals surface area contributed by atoms with Crippen molar-refractivity contribution in [3.8, 4) is 11.8 Å². The monoisotopic (exact) mass is 220 g/mol. The maximum atomic E-state index is 11.4. The summed E-state index contributed by atoms with van der Waals surface area (Å²) in [6.07, 6.45) is 0. The Morgan fingerprint density at radius 1 is 1.56 bits per heavy atom. The van der Waals surface area contributed by atoms with Gasteiger partial charge in [-0.05, 0) is 25.1 Å². The zero-order valence-corrected chi connectivity index (χ0v) is 8.90. The maximum Gasteiger partial charge on any atom is 0.338 e. The first-order valence-corrected chi connectivity index (χ1v) is 4.75. The molecule has 0 aromatic heterocycles. The highest BCUT2D eigenvalue weighted by molar-refractivity contribution is 5.90. The van der Waals surface area contributed by atoms with Gasteiger partial charge in [0.25, 0.3) is 0 Å². The third-order valence-electron chi connectivity index (χ3n) is 1.82. The number of ether oxygens (including phenoxy) is 2. The Labute approximate surface area is 93.4 Å². The minimum atomic E-state index is -0.440. The molecule has 1 rings (SSSR count). The molecular formula is C11H12N2O3. The van der Waals surface area contributed by atoms with Crippen molar-refractivity contribution in [1.82, 2.24) is 0 Å². The highest BCUT2D eigenvalue weighted by Gasteiger charge is 2.09. The first-order chi connectivity index (χ1) is 7.69. The molecule has 2 N–H and O–H groups in total. The number of rotatable bonds is 4. The van der Waals surface area contributed by atoms with Crippen molar-refractivity contribution in [2.24, 2.45) is 0 Å². The van der Waals surface area contributed by atoms with Crippen LogP contribution in [0.5, 0.6) is 5.75 Å². The van der Waals surface area contributed by atoms with Crippen LogP contribution < -0.4 is 10.5 Å². The molecule has 0 unspecified atom stereocenters. The van der Waals surface area contributed by atoms with E-state index in [0.717, 1.165) is 0 Å². The summed E-state index contributed by atoms with van der Waals surface area (Å²) in [7, 11) is 0. The van der Waals surface area contributed by atoms with Crippen LogP contribution >= 0.6 is 0 Å². The fourth-order valence-electron chi connectivity index (χ4n) is 1.11. The molecule has 0 bridgehead atoms. The summed E-state index contributed by atoms with van der Waals surface area (Å²) in [5.74, 6) is -0.128. The molecule has 5 nitrogen and oxygen atoms in total. The van der Waals surface area contributed by atoms with Gasteiger partial charge in [-0.25, -0.2) is 4.79 Å². The molecule has 0 radical (unpaired) electrons. The molecule has 0 aliphatic heterocycles. The van der Waals surface area contributed by atoms with Crippen molar-refractivity contribution >= 4 is 11.7 Å². The van der Waals surface area contributed by atoms with Gasteiger partial charge in [0.2, 0.25) is 0 Å². The summed E-state index contributed by atoms with van der Waals surface area (Å²) >= 11 is 0. The molecule has 5 heteroatoms. The Bertz CT molecular complexity index is 424. The topological polar surface area (TPSA) is 85.3 Å². The summed E-state index contributed by atoms with van der Waals surface area (Å²) in [6, 6.07) is 6.38. The summed E-state index contributed by atoms with van der Waals surface area (Å²) < 4.78 is 9.89. The minimum Gasteiger partial charge on any atom is -0.477 e. The van der Waals surface area contributed by atoms with Crippen LogP contribution in [-0.2, 0) is 4.74 Å². The van der Waals surface area contributed by atoms with Gasteiger partial charge in [-0.2, -0.15) is 5.26 Å². The number of nitrogens with two attached hydrogens (primary N) is 1. The van der Waals surface area contributed by atoms with Crippen LogP contribution in [0, 0.1) is 11.3 Å². The number of nitrogens with zero attached hydrogens (tertiary/aromatic N) is 1. The van der Waals surface area contributed by atoms with Crippen LogP contribution in [0.1, 0.15) is 17.3 Å². The summed E-state index contributed by atoms with van der Waals surface area (Å²) in [5.41, 5.74) is 6.35. The Kier molecular flexibility index (Phi) is 4.16. The lowest BCUT2D eigenvalue weighted by Gasteiger charge is -2.07. The highest BCUT2D eigenvalue weighted by atomic mass is 16.5. The molecule has 16 heavy (non-hydrogen) atoms. The van der Waals surface area contributed by atoms with Gasteiger partial charge in [0, 0.05) is 0 Å². The lowest BCUT2D eigenvalue weighted by Crippen LogP contribution is -2.06. The molecular weight excluding hydrogens is 208 g/mol. The highest BCUT2D eigenvalue weighted by Crippen LogP contribution is 2.23. The lowest BCUT2D eigenvalue weighted by molar-refractivity contribution is 0.0526. The average Bonchev–Trinajstić information content (AvgIpc) is 2.28. The van der Waals surface area contributed by atoms with Gasteiger partial charge in [-0.3, -0.25) is 0 Å². The second-order valence-electron chi connectivity index (χ2n) is 2.92. The van der Waals surface area contributed by atoms with Gasteiger partial charge >= 0.3 is 5.97 Å².